The molecule has 0 bridgehead atoms. The normalized spacial score (nSPS) is 10.6. The summed E-state index contributed by atoms with van der Waals surface area (Å²) in [5.74, 6) is -0.868. The summed E-state index contributed by atoms with van der Waals surface area (Å²) in [6.45, 7) is 0. The molecule has 6 heteroatoms. The minimum atomic E-state index is -0.488. The van der Waals surface area contributed by atoms with E-state index in [0.717, 1.165) is 5.69 Å². The Bertz CT molecular complexity index is 865. The second kappa shape index (κ2) is 6.72. The molecule has 0 saturated heterocycles. The van der Waals surface area contributed by atoms with E-state index in [2.05, 4.69) is 5.32 Å². The largest absolute Gasteiger partial charge is 0.324 e. The Kier molecular flexibility index (Phi) is 4.68. The molecule has 1 heterocycles. The number of nitrogens with one attached hydrogen (secondary N) is 1. The first-order valence-electron chi connectivity index (χ1n) is 6.74. The molecule has 0 spiro atoms. The average Bonchev–Trinajstić information content (AvgIpc) is 3.03. The molecule has 0 unspecified atom stereocenters. The van der Waals surface area contributed by atoms with Crippen molar-refractivity contribution in [2.45, 2.75) is 0 Å². The first-order chi connectivity index (χ1) is 11.0. The molecule has 0 atom stereocenters. The van der Waals surface area contributed by atoms with Crippen LogP contribution in [0.4, 0.5) is 10.1 Å². The summed E-state index contributed by atoms with van der Waals surface area (Å²) in [7, 11) is 0. The third-order valence-electron chi connectivity index (χ3n) is 3.28. The lowest BCUT2D eigenvalue weighted by molar-refractivity contribution is 0.102. The van der Waals surface area contributed by atoms with Gasteiger partial charge in [0.15, 0.2) is 0 Å². The van der Waals surface area contributed by atoms with Crippen LogP contribution in [-0.2, 0) is 0 Å². The van der Waals surface area contributed by atoms with Gasteiger partial charge in [-0.3, -0.25) is 4.79 Å². The van der Waals surface area contributed by atoms with Crippen molar-refractivity contribution in [1.82, 2.24) is 4.57 Å². The van der Waals surface area contributed by atoms with Crippen LogP contribution in [0.1, 0.15) is 10.4 Å². The van der Waals surface area contributed by atoms with Gasteiger partial charge in [-0.05, 0) is 71.1 Å². The first-order valence-corrected chi connectivity index (χ1v) is 8.19. The molecule has 0 aliphatic heterocycles. The average molecular weight is 441 g/mol. The number of benzene rings is 2. The Labute approximate surface area is 151 Å². The number of carbonyl (C=O) groups is 1. The van der Waals surface area contributed by atoms with Crippen molar-refractivity contribution in [2.24, 2.45) is 0 Å². The molecule has 2 aromatic carbocycles. The fourth-order valence-corrected chi connectivity index (χ4v) is 3.26. The smallest absolute Gasteiger partial charge is 0.256 e. The van der Waals surface area contributed by atoms with Gasteiger partial charge in [-0.1, -0.05) is 11.6 Å². The van der Waals surface area contributed by atoms with Gasteiger partial charge < -0.3 is 9.88 Å². The van der Waals surface area contributed by atoms with E-state index < -0.39 is 5.82 Å². The van der Waals surface area contributed by atoms with Crippen LogP contribution < -0.4 is 5.32 Å². The highest BCUT2D eigenvalue weighted by molar-refractivity contribution is 14.1. The van der Waals surface area contributed by atoms with Crippen molar-refractivity contribution < 1.29 is 9.18 Å². The first kappa shape index (κ1) is 16.0. The number of aromatic nitrogens is 1. The van der Waals surface area contributed by atoms with Crippen LogP contribution in [0.3, 0.4) is 0 Å². The van der Waals surface area contributed by atoms with Crippen LogP contribution in [0.5, 0.6) is 0 Å². The molecule has 0 aliphatic rings. The predicted molar refractivity (Wildman–Crippen MR) is 97.8 cm³/mol. The van der Waals surface area contributed by atoms with Crippen LogP contribution in [0, 0.1) is 9.39 Å². The molecule has 3 aromatic rings. The Morgan fingerprint density at radius 3 is 2.57 bits per heavy atom. The van der Waals surface area contributed by atoms with Gasteiger partial charge >= 0.3 is 0 Å². The zero-order chi connectivity index (χ0) is 16.4. The quantitative estimate of drug-likeness (QED) is 0.563. The highest BCUT2D eigenvalue weighted by Gasteiger charge is 2.13. The van der Waals surface area contributed by atoms with Gasteiger partial charge in [-0.15, -0.1) is 0 Å². The minimum absolute atomic E-state index is 0.131. The number of carbonyl (C=O) groups excluding carboxylic acids is 1. The van der Waals surface area contributed by atoms with Crippen LogP contribution >= 0.6 is 34.2 Å². The second-order valence-electron chi connectivity index (χ2n) is 4.83. The van der Waals surface area contributed by atoms with Gasteiger partial charge in [-0.2, -0.15) is 0 Å². The van der Waals surface area contributed by atoms with Crippen molar-refractivity contribution in [1.29, 1.82) is 0 Å². The lowest BCUT2D eigenvalue weighted by Gasteiger charge is -2.10. The van der Waals surface area contributed by atoms with Gasteiger partial charge in [0.2, 0.25) is 0 Å². The monoisotopic (exact) mass is 440 g/mol. The van der Waals surface area contributed by atoms with Gasteiger partial charge in [0.1, 0.15) is 5.82 Å². The topological polar surface area (TPSA) is 34.0 Å². The van der Waals surface area contributed by atoms with E-state index in [1.54, 1.807) is 30.3 Å². The number of halogens is 3. The van der Waals surface area contributed by atoms with E-state index in [0.29, 0.717) is 14.2 Å². The van der Waals surface area contributed by atoms with Crippen molar-refractivity contribution in [3.8, 4) is 5.69 Å². The summed E-state index contributed by atoms with van der Waals surface area (Å²) >= 11 is 7.91. The third-order valence-corrected chi connectivity index (χ3v) is 4.40. The molecule has 1 aromatic heterocycles. The SMILES string of the molecule is O=C(Nc1cc(-n2cccc2)ccc1F)c1ccc(Cl)cc1I. The van der Waals surface area contributed by atoms with Gasteiger partial charge in [0.25, 0.3) is 5.91 Å². The van der Waals surface area contributed by atoms with E-state index in [1.807, 2.05) is 51.7 Å². The van der Waals surface area contributed by atoms with Gasteiger partial charge in [0, 0.05) is 26.7 Å². The molecule has 0 fully saturated rings. The molecule has 0 radical (unpaired) electrons. The predicted octanol–water partition coefficient (Wildman–Crippen LogP) is 5.13. The highest BCUT2D eigenvalue weighted by atomic mass is 127. The summed E-state index contributed by atoms with van der Waals surface area (Å²) in [4.78, 5) is 12.4. The summed E-state index contributed by atoms with van der Waals surface area (Å²) in [5.41, 5.74) is 1.34. The van der Waals surface area contributed by atoms with Crippen molar-refractivity contribution in [2.75, 3.05) is 5.32 Å². The number of amides is 1. The molecular formula is C17H11ClFIN2O. The maximum absolute atomic E-state index is 14.0. The van der Waals surface area contributed by atoms with Gasteiger partial charge in [-0.25, -0.2) is 4.39 Å². The molecule has 3 rings (SSSR count). The maximum Gasteiger partial charge on any atom is 0.256 e. The van der Waals surface area contributed by atoms with Crippen LogP contribution in [-0.4, -0.2) is 10.5 Å². The molecule has 0 saturated carbocycles. The second-order valence-corrected chi connectivity index (χ2v) is 6.43. The summed E-state index contributed by atoms with van der Waals surface area (Å²) in [5, 5.41) is 3.16. The zero-order valence-corrected chi connectivity index (χ0v) is 14.7. The summed E-state index contributed by atoms with van der Waals surface area (Å²) in [6.07, 6.45) is 3.70. The molecule has 1 N–H and O–H groups in total. The van der Waals surface area contributed by atoms with Crippen molar-refractivity contribution >= 4 is 45.8 Å². The third kappa shape index (κ3) is 3.56. The van der Waals surface area contributed by atoms with E-state index >= 15 is 0 Å². The van der Waals surface area contributed by atoms with Crippen LogP contribution in [0.15, 0.2) is 60.9 Å². The fourth-order valence-electron chi connectivity index (χ4n) is 2.14. The number of rotatable bonds is 3. The van der Waals surface area contributed by atoms with E-state index in [9.17, 15) is 9.18 Å². The van der Waals surface area contributed by atoms with Crippen molar-refractivity contribution in [3.63, 3.8) is 0 Å². The van der Waals surface area contributed by atoms with E-state index in [-0.39, 0.29) is 11.6 Å². The molecule has 1 amide bonds. The van der Waals surface area contributed by atoms with Crippen LogP contribution in [0.2, 0.25) is 5.02 Å². The number of hydrogen-bond acceptors (Lipinski definition) is 1. The zero-order valence-electron chi connectivity index (χ0n) is 11.8. The molecular weight excluding hydrogens is 430 g/mol. The molecule has 0 aliphatic carbocycles. The maximum atomic E-state index is 14.0. The Hall–Kier alpha value is -1.86. The molecule has 3 nitrogen and oxygen atoms in total. The summed E-state index contributed by atoms with van der Waals surface area (Å²) < 4.78 is 16.5. The fraction of sp³-hybridized carbons (Fsp3) is 0. The lowest BCUT2D eigenvalue weighted by atomic mass is 10.2. The number of nitrogens with zero attached hydrogens (tertiary/aromatic N) is 1. The molecule has 116 valence electrons. The Morgan fingerprint density at radius 1 is 1.13 bits per heavy atom. The van der Waals surface area contributed by atoms with E-state index in [1.165, 1.54) is 6.07 Å². The Balaban J connectivity index is 1.90. The van der Waals surface area contributed by atoms with Gasteiger partial charge in [0.05, 0.1) is 11.3 Å². The van der Waals surface area contributed by atoms with Crippen molar-refractivity contribution in [3.05, 3.63) is 80.9 Å². The minimum Gasteiger partial charge on any atom is -0.324 e. The Morgan fingerprint density at radius 2 is 1.87 bits per heavy atom. The lowest BCUT2D eigenvalue weighted by Crippen LogP contribution is -2.14. The summed E-state index contributed by atoms with van der Waals surface area (Å²) in [6, 6.07) is 13.3. The van der Waals surface area contributed by atoms with E-state index in [4.69, 9.17) is 11.6 Å². The molecule has 23 heavy (non-hydrogen) atoms. The number of hydrogen-bond donors (Lipinski definition) is 1. The highest BCUT2D eigenvalue weighted by Crippen LogP contribution is 2.22. The van der Waals surface area contributed by atoms with Crippen LogP contribution in [0.25, 0.3) is 5.69 Å². The number of anilines is 1. The standard InChI is InChI=1S/C17H11ClFIN2O/c18-11-3-5-13(15(20)9-11)17(23)21-16-10-12(4-6-14(16)19)22-7-1-2-8-22/h1-10H,(H,21,23).